The second kappa shape index (κ2) is 12.0. The zero-order valence-electron chi connectivity index (χ0n) is 22.5. The molecule has 1 aliphatic rings. The molecule has 0 aliphatic carbocycles. The van der Waals surface area contributed by atoms with Crippen molar-refractivity contribution < 1.29 is 4.79 Å². The van der Waals surface area contributed by atoms with Crippen molar-refractivity contribution in [1.82, 2.24) is 29.7 Å². The number of likely N-dealkylation sites (N-methyl/N-ethyl adjacent to an activating group) is 2. The van der Waals surface area contributed by atoms with Gasteiger partial charge in [-0.1, -0.05) is 6.08 Å². The van der Waals surface area contributed by atoms with Crippen molar-refractivity contribution in [3.63, 3.8) is 0 Å². The summed E-state index contributed by atoms with van der Waals surface area (Å²) in [5.74, 6) is 0.278. The van der Waals surface area contributed by atoms with Gasteiger partial charge in [0.1, 0.15) is 11.0 Å². The van der Waals surface area contributed by atoms with Crippen molar-refractivity contribution in [2.75, 3.05) is 69.4 Å². The van der Waals surface area contributed by atoms with Gasteiger partial charge in [0.15, 0.2) is 0 Å². The fourth-order valence-corrected chi connectivity index (χ4v) is 4.37. The maximum Gasteiger partial charge on any atom is 0.248 e. The minimum atomic E-state index is -0.193. The summed E-state index contributed by atoms with van der Waals surface area (Å²) in [5.41, 5.74) is 5.58. The smallest absolute Gasteiger partial charge is 0.248 e. The molecule has 3 aromatic heterocycles. The molecule has 0 bridgehead atoms. The van der Waals surface area contributed by atoms with Crippen LogP contribution >= 0.6 is 0 Å². The van der Waals surface area contributed by atoms with Crippen LogP contribution in [0.2, 0.25) is 0 Å². The lowest BCUT2D eigenvalue weighted by Gasteiger charge is -2.34. The van der Waals surface area contributed by atoms with Gasteiger partial charge in [-0.15, -0.1) is 0 Å². The molecule has 0 atom stereocenters. The van der Waals surface area contributed by atoms with Crippen molar-refractivity contribution in [2.45, 2.75) is 0 Å². The Morgan fingerprint density at radius 2 is 1.74 bits per heavy atom. The van der Waals surface area contributed by atoms with Crippen molar-refractivity contribution in [1.29, 1.82) is 0 Å². The molecule has 0 saturated carbocycles. The van der Waals surface area contributed by atoms with Crippen molar-refractivity contribution >= 4 is 40.0 Å². The van der Waals surface area contributed by atoms with Crippen LogP contribution in [0, 0.1) is 0 Å². The van der Waals surface area contributed by atoms with Crippen LogP contribution in [0.5, 0.6) is 0 Å². The second-order valence-corrected chi connectivity index (χ2v) is 9.83. The van der Waals surface area contributed by atoms with E-state index in [4.69, 9.17) is 4.98 Å². The maximum absolute atomic E-state index is 12.3. The number of fused-ring (bicyclic) bond motifs is 1. The minimum Gasteiger partial charge on any atom is -0.369 e. The van der Waals surface area contributed by atoms with Crippen LogP contribution in [0.4, 0.5) is 23.0 Å². The van der Waals surface area contributed by atoms with Crippen molar-refractivity contribution in [2.24, 2.45) is 0 Å². The Hall–Kier alpha value is -4.41. The Bertz CT molecular complexity index is 1460. The average molecular weight is 524 g/mol. The van der Waals surface area contributed by atoms with E-state index in [0.29, 0.717) is 34.9 Å². The SMILES string of the molecule is CN(C)CC=CC(=O)Nc1ccnc(-c2ccnc3cnc(Nc4ccc(N5CCN(C)CC5)cc4)nc23)c1. The third-order valence-electron chi connectivity index (χ3n) is 6.51. The van der Waals surface area contributed by atoms with E-state index in [1.54, 1.807) is 24.7 Å². The molecule has 39 heavy (non-hydrogen) atoms. The van der Waals surface area contributed by atoms with Crippen molar-refractivity contribution in [3.8, 4) is 11.3 Å². The van der Waals surface area contributed by atoms with E-state index >= 15 is 0 Å². The Morgan fingerprint density at radius 1 is 0.974 bits per heavy atom. The number of nitrogens with zero attached hydrogens (tertiary/aromatic N) is 7. The number of piperazine rings is 1. The van der Waals surface area contributed by atoms with Crippen LogP contribution in [0.25, 0.3) is 22.3 Å². The van der Waals surface area contributed by atoms with Gasteiger partial charge >= 0.3 is 0 Å². The molecule has 0 radical (unpaired) electrons. The normalized spacial score (nSPS) is 14.3. The highest BCUT2D eigenvalue weighted by Crippen LogP contribution is 2.27. The van der Waals surface area contributed by atoms with Crippen LogP contribution in [-0.2, 0) is 4.79 Å². The molecule has 10 nitrogen and oxygen atoms in total. The van der Waals surface area contributed by atoms with E-state index in [9.17, 15) is 4.79 Å². The van der Waals surface area contributed by atoms with Crippen LogP contribution in [-0.4, -0.2) is 89.5 Å². The highest BCUT2D eigenvalue weighted by atomic mass is 16.1. The number of rotatable bonds is 8. The number of anilines is 4. The Kier molecular flexibility index (Phi) is 8.04. The summed E-state index contributed by atoms with van der Waals surface area (Å²) in [6.07, 6.45) is 8.43. The maximum atomic E-state index is 12.3. The zero-order valence-corrected chi connectivity index (χ0v) is 22.5. The molecule has 1 saturated heterocycles. The molecular formula is C29H33N9O. The first kappa shape index (κ1) is 26.2. The standard InChI is InChI=1S/C29H33N9O/c1-36(2)14-4-5-27(39)33-22-10-12-30-25(19-22)24-11-13-31-26-20-32-29(35-28(24)26)34-21-6-8-23(9-7-21)38-17-15-37(3)16-18-38/h4-13,19-20H,14-18H2,1-3H3,(H,30,33,39)(H,32,34,35). The molecule has 0 unspecified atom stereocenters. The number of carbonyl (C=O) groups excluding carboxylic acids is 1. The Morgan fingerprint density at radius 3 is 2.51 bits per heavy atom. The molecule has 0 spiro atoms. The van der Waals surface area contributed by atoms with E-state index in [0.717, 1.165) is 37.4 Å². The summed E-state index contributed by atoms with van der Waals surface area (Å²) in [4.78, 5) is 37.2. The molecule has 2 N–H and O–H groups in total. The largest absolute Gasteiger partial charge is 0.369 e. The van der Waals surface area contributed by atoms with Gasteiger partial charge in [-0.2, -0.15) is 0 Å². The molecule has 1 fully saturated rings. The summed E-state index contributed by atoms with van der Waals surface area (Å²) >= 11 is 0. The van der Waals surface area contributed by atoms with Gasteiger partial charge in [0.2, 0.25) is 11.9 Å². The fourth-order valence-electron chi connectivity index (χ4n) is 4.37. The molecule has 4 heterocycles. The second-order valence-electron chi connectivity index (χ2n) is 9.83. The Balaban J connectivity index is 1.34. The van der Waals surface area contributed by atoms with Gasteiger partial charge in [-0.3, -0.25) is 14.8 Å². The lowest BCUT2D eigenvalue weighted by Crippen LogP contribution is -2.44. The molecule has 4 aromatic rings. The number of hydrogen-bond acceptors (Lipinski definition) is 9. The van der Waals surface area contributed by atoms with Gasteiger partial charge in [0, 0.05) is 73.8 Å². The van der Waals surface area contributed by atoms with Gasteiger partial charge < -0.3 is 25.3 Å². The molecule has 1 amide bonds. The summed E-state index contributed by atoms with van der Waals surface area (Å²) in [5, 5.41) is 6.21. The van der Waals surface area contributed by atoms with E-state index in [1.807, 2.05) is 49.3 Å². The van der Waals surface area contributed by atoms with Gasteiger partial charge in [0.25, 0.3) is 0 Å². The van der Waals surface area contributed by atoms with Crippen molar-refractivity contribution in [3.05, 3.63) is 73.2 Å². The molecular weight excluding hydrogens is 490 g/mol. The van der Waals surface area contributed by atoms with Crippen LogP contribution in [0.15, 0.2) is 73.2 Å². The topological polar surface area (TPSA) is 102 Å². The fraction of sp³-hybridized carbons (Fsp3) is 0.276. The van der Waals surface area contributed by atoms with E-state index < -0.39 is 0 Å². The first-order valence-electron chi connectivity index (χ1n) is 13.0. The lowest BCUT2D eigenvalue weighted by atomic mass is 10.1. The monoisotopic (exact) mass is 523 g/mol. The summed E-state index contributed by atoms with van der Waals surface area (Å²) in [7, 11) is 6.06. The number of nitrogens with one attached hydrogen (secondary N) is 2. The van der Waals surface area contributed by atoms with Crippen LogP contribution in [0.3, 0.4) is 0 Å². The van der Waals surface area contributed by atoms with Gasteiger partial charge in [0.05, 0.1) is 11.9 Å². The molecule has 5 rings (SSSR count). The third kappa shape index (κ3) is 6.73. The summed E-state index contributed by atoms with van der Waals surface area (Å²) < 4.78 is 0. The lowest BCUT2D eigenvalue weighted by molar-refractivity contribution is -0.111. The number of hydrogen-bond donors (Lipinski definition) is 2. The number of benzene rings is 1. The molecule has 200 valence electrons. The highest BCUT2D eigenvalue weighted by molar-refractivity contribution is 6.00. The first-order chi connectivity index (χ1) is 18.9. The van der Waals surface area contributed by atoms with Crippen LogP contribution in [0.1, 0.15) is 0 Å². The van der Waals surface area contributed by atoms with Crippen LogP contribution < -0.4 is 15.5 Å². The van der Waals surface area contributed by atoms with E-state index in [2.05, 4.69) is 54.6 Å². The summed E-state index contributed by atoms with van der Waals surface area (Å²) in [6, 6.07) is 13.8. The minimum absolute atomic E-state index is 0.193. The summed E-state index contributed by atoms with van der Waals surface area (Å²) in [6.45, 7) is 4.88. The van der Waals surface area contributed by atoms with Gasteiger partial charge in [-0.25, -0.2) is 9.97 Å². The number of aromatic nitrogens is 4. The Labute approximate surface area is 228 Å². The predicted molar refractivity (Wildman–Crippen MR) is 156 cm³/mol. The van der Waals surface area contributed by atoms with E-state index in [1.165, 1.54) is 11.8 Å². The first-order valence-corrected chi connectivity index (χ1v) is 13.0. The number of pyridine rings is 2. The van der Waals surface area contributed by atoms with Gasteiger partial charge in [-0.05, 0) is 63.6 Å². The number of amides is 1. The molecule has 1 aliphatic heterocycles. The quantitative estimate of drug-likeness (QED) is 0.335. The molecule has 1 aromatic carbocycles. The highest BCUT2D eigenvalue weighted by Gasteiger charge is 2.15. The molecule has 10 heteroatoms. The zero-order chi connectivity index (χ0) is 27.2. The average Bonchev–Trinajstić information content (AvgIpc) is 2.93. The third-order valence-corrected chi connectivity index (χ3v) is 6.51. The number of carbonyl (C=O) groups is 1. The predicted octanol–water partition coefficient (Wildman–Crippen LogP) is 3.64. The van der Waals surface area contributed by atoms with E-state index in [-0.39, 0.29) is 5.91 Å².